The summed E-state index contributed by atoms with van der Waals surface area (Å²) in [5, 5.41) is 3.21. The largest absolute Gasteiger partial charge is 0.351 e. The van der Waals surface area contributed by atoms with Gasteiger partial charge in [0.1, 0.15) is 5.54 Å². The zero-order valence-corrected chi connectivity index (χ0v) is 16.0. The number of amides is 2. The van der Waals surface area contributed by atoms with Gasteiger partial charge in [0, 0.05) is 12.6 Å². The molecule has 2 amide bonds. The highest BCUT2D eigenvalue weighted by Crippen LogP contribution is 2.36. The summed E-state index contributed by atoms with van der Waals surface area (Å²) in [6.45, 7) is 0.441. The van der Waals surface area contributed by atoms with Gasteiger partial charge in [0.25, 0.3) is 5.91 Å². The Kier molecular flexibility index (Phi) is 5.29. The third kappa shape index (κ3) is 3.72. The minimum Gasteiger partial charge on any atom is -0.351 e. The lowest BCUT2D eigenvalue weighted by atomic mass is 9.81. The number of hydrogen-bond acceptors (Lipinski definition) is 2. The van der Waals surface area contributed by atoms with Crippen LogP contribution in [0.15, 0.2) is 66.7 Å². The van der Waals surface area contributed by atoms with Crippen molar-refractivity contribution < 1.29 is 9.59 Å². The van der Waals surface area contributed by atoms with Gasteiger partial charge in [-0.25, -0.2) is 0 Å². The average molecular weight is 374 g/mol. The first-order valence-electron chi connectivity index (χ1n) is 10.1. The van der Waals surface area contributed by atoms with Gasteiger partial charge in [-0.3, -0.25) is 9.59 Å². The van der Waals surface area contributed by atoms with Crippen LogP contribution in [0.1, 0.15) is 43.2 Å². The molecule has 2 aromatic rings. The molecule has 2 fully saturated rings. The van der Waals surface area contributed by atoms with Gasteiger partial charge in [-0.05, 0) is 30.0 Å². The average Bonchev–Trinajstić information content (AvgIpc) is 3.23. The Morgan fingerprint density at radius 2 is 1.68 bits per heavy atom. The second-order valence-corrected chi connectivity index (χ2v) is 7.77. The van der Waals surface area contributed by atoms with E-state index in [1.807, 2.05) is 72.8 Å². The van der Waals surface area contributed by atoms with Crippen molar-refractivity contribution in [1.29, 1.82) is 0 Å². The minimum atomic E-state index is -0.911. The molecule has 1 saturated carbocycles. The molecule has 0 bridgehead atoms. The smallest absolute Gasteiger partial charge is 0.250 e. The number of carbonyl (C=O) groups is 2. The summed E-state index contributed by atoms with van der Waals surface area (Å²) in [6, 6.07) is 20.0. The second kappa shape index (κ2) is 8.01. The lowest BCUT2D eigenvalue weighted by Crippen LogP contribution is -2.69. The lowest BCUT2D eigenvalue weighted by Gasteiger charge is -2.49. The standard InChI is InChI=1S/C24H26N2O2/c27-22-17-24(16-15-19-9-3-1-4-10-19,23(28)25-21-13-7-8-14-21)26(22)18-20-11-5-2-6-12-20/h1-6,9-12,15-16,21H,7-8,13-14,17-18H2,(H,25,28)/b16-15+. The van der Waals surface area contributed by atoms with Crippen molar-refractivity contribution in [3.05, 3.63) is 77.9 Å². The number of rotatable bonds is 6. The van der Waals surface area contributed by atoms with Crippen molar-refractivity contribution in [2.45, 2.75) is 50.2 Å². The normalized spacial score (nSPS) is 22.4. The minimum absolute atomic E-state index is 0.0168. The molecule has 0 spiro atoms. The van der Waals surface area contributed by atoms with Crippen LogP contribution in [0, 0.1) is 0 Å². The van der Waals surface area contributed by atoms with Gasteiger partial charge in [0.15, 0.2) is 0 Å². The lowest BCUT2D eigenvalue weighted by molar-refractivity contribution is -0.162. The van der Waals surface area contributed by atoms with E-state index < -0.39 is 5.54 Å². The Balaban J connectivity index is 1.61. The Hall–Kier alpha value is -2.88. The van der Waals surface area contributed by atoms with Crippen LogP contribution in [0.5, 0.6) is 0 Å². The summed E-state index contributed by atoms with van der Waals surface area (Å²) in [5.74, 6) is -0.0368. The molecule has 0 aromatic heterocycles. The fraction of sp³-hybridized carbons (Fsp3) is 0.333. The zero-order chi connectivity index (χ0) is 19.4. The molecule has 1 heterocycles. The quantitative estimate of drug-likeness (QED) is 0.779. The summed E-state index contributed by atoms with van der Waals surface area (Å²) in [5.41, 5.74) is 1.14. The van der Waals surface area contributed by atoms with Crippen molar-refractivity contribution in [2.24, 2.45) is 0 Å². The molecule has 1 N–H and O–H groups in total. The van der Waals surface area contributed by atoms with Crippen LogP contribution in [0.3, 0.4) is 0 Å². The third-order valence-corrected chi connectivity index (χ3v) is 5.82. The molecular formula is C24H26N2O2. The first-order valence-corrected chi connectivity index (χ1v) is 10.1. The molecular weight excluding hydrogens is 348 g/mol. The summed E-state index contributed by atoms with van der Waals surface area (Å²) in [4.78, 5) is 27.5. The number of carbonyl (C=O) groups excluding carboxylic acids is 2. The SMILES string of the molecule is O=C1CC(/C=C/c2ccccc2)(C(=O)NC2CCCC2)N1Cc1ccccc1. The van der Waals surface area contributed by atoms with E-state index in [1.54, 1.807) is 4.90 Å². The molecule has 4 nitrogen and oxygen atoms in total. The molecule has 4 rings (SSSR count). The molecule has 0 radical (unpaired) electrons. The van der Waals surface area contributed by atoms with Crippen molar-refractivity contribution in [2.75, 3.05) is 0 Å². The van der Waals surface area contributed by atoms with Gasteiger partial charge >= 0.3 is 0 Å². The van der Waals surface area contributed by atoms with Crippen molar-refractivity contribution in [1.82, 2.24) is 10.2 Å². The first-order chi connectivity index (χ1) is 13.7. The van der Waals surface area contributed by atoms with Gasteiger partial charge in [-0.15, -0.1) is 0 Å². The molecule has 1 aliphatic carbocycles. The summed E-state index contributed by atoms with van der Waals surface area (Å²) < 4.78 is 0. The molecule has 28 heavy (non-hydrogen) atoms. The van der Waals surface area contributed by atoms with Crippen LogP contribution in [0.4, 0.5) is 0 Å². The number of nitrogens with zero attached hydrogens (tertiary/aromatic N) is 1. The number of hydrogen-bond donors (Lipinski definition) is 1. The highest BCUT2D eigenvalue weighted by atomic mass is 16.2. The van der Waals surface area contributed by atoms with E-state index in [2.05, 4.69) is 5.32 Å². The number of likely N-dealkylation sites (tertiary alicyclic amines) is 1. The summed E-state index contributed by atoms with van der Waals surface area (Å²) in [7, 11) is 0. The monoisotopic (exact) mass is 374 g/mol. The maximum atomic E-state index is 13.3. The zero-order valence-electron chi connectivity index (χ0n) is 16.0. The maximum Gasteiger partial charge on any atom is 0.250 e. The third-order valence-electron chi connectivity index (χ3n) is 5.82. The van der Waals surface area contributed by atoms with E-state index in [9.17, 15) is 9.59 Å². The van der Waals surface area contributed by atoms with Gasteiger partial charge in [0.2, 0.25) is 5.91 Å². The Morgan fingerprint density at radius 3 is 2.32 bits per heavy atom. The fourth-order valence-electron chi connectivity index (χ4n) is 4.15. The molecule has 1 unspecified atom stereocenters. The molecule has 2 aromatic carbocycles. The number of β-lactam (4-membered cyclic amide) rings is 1. The van der Waals surface area contributed by atoms with E-state index in [0.29, 0.717) is 6.54 Å². The maximum absolute atomic E-state index is 13.3. The predicted octanol–water partition coefficient (Wildman–Crippen LogP) is 3.93. The van der Waals surface area contributed by atoms with Gasteiger partial charge in [-0.2, -0.15) is 0 Å². The van der Waals surface area contributed by atoms with Crippen LogP contribution in [-0.4, -0.2) is 28.3 Å². The molecule has 2 aliphatic rings. The van der Waals surface area contributed by atoms with Gasteiger partial charge in [0.05, 0.1) is 6.42 Å². The highest BCUT2D eigenvalue weighted by molar-refractivity contribution is 6.03. The fourth-order valence-corrected chi connectivity index (χ4v) is 4.15. The van der Waals surface area contributed by atoms with E-state index in [1.165, 1.54) is 0 Å². The second-order valence-electron chi connectivity index (χ2n) is 7.77. The van der Waals surface area contributed by atoms with Gasteiger partial charge in [-0.1, -0.05) is 79.6 Å². The van der Waals surface area contributed by atoms with E-state index in [0.717, 1.165) is 36.8 Å². The van der Waals surface area contributed by atoms with E-state index >= 15 is 0 Å². The molecule has 1 saturated heterocycles. The predicted molar refractivity (Wildman–Crippen MR) is 110 cm³/mol. The Morgan fingerprint density at radius 1 is 1.04 bits per heavy atom. The molecule has 1 aliphatic heterocycles. The summed E-state index contributed by atoms with van der Waals surface area (Å²) >= 11 is 0. The molecule has 4 heteroatoms. The van der Waals surface area contributed by atoms with Crippen LogP contribution in [0.25, 0.3) is 6.08 Å². The van der Waals surface area contributed by atoms with Gasteiger partial charge < -0.3 is 10.2 Å². The van der Waals surface area contributed by atoms with Crippen LogP contribution < -0.4 is 5.32 Å². The Bertz CT molecular complexity index is 857. The van der Waals surface area contributed by atoms with E-state index in [4.69, 9.17) is 0 Å². The van der Waals surface area contributed by atoms with Crippen LogP contribution in [-0.2, 0) is 16.1 Å². The van der Waals surface area contributed by atoms with Crippen LogP contribution in [0.2, 0.25) is 0 Å². The topological polar surface area (TPSA) is 49.4 Å². The molecule has 1 atom stereocenters. The van der Waals surface area contributed by atoms with Crippen molar-refractivity contribution in [3.8, 4) is 0 Å². The van der Waals surface area contributed by atoms with Crippen LogP contribution >= 0.6 is 0 Å². The highest BCUT2D eigenvalue weighted by Gasteiger charge is 2.54. The van der Waals surface area contributed by atoms with E-state index in [-0.39, 0.29) is 24.3 Å². The first kappa shape index (κ1) is 18.5. The summed E-state index contributed by atoms with van der Waals surface area (Å²) in [6.07, 6.45) is 8.46. The van der Waals surface area contributed by atoms with Crippen molar-refractivity contribution >= 4 is 17.9 Å². The number of nitrogens with one attached hydrogen (secondary N) is 1. The number of benzene rings is 2. The molecule has 144 valence electrons. The van der Waals surface area contributed by atoms with Crippen molar-refractivity contribution in [3.63, 3.8) is 0 Å². The Labute approximate surface area is 166 Å².